The van der Waals surface area contributed by atoms with Crippen LogP contribution < -0.4 is 5.73 Å². The van der Waals surface area contributed by atoms with Crippen LogP contribution in [0.1, 0.15) is 94.7 Å². The minimum atomic E-state index is -0.0532. The first-order valence-electron chi connectivity index (χ1n) is 12.9. The first-order valence-corrected chi connectivity index (χ1v) is 13.8. The predicted molar refractivity (Wildman–Crippen MR) is 140 cm³/mol. The molecule has 1 aromatic carbocycles. The van der Waals surface area contributed by atoms with E-state index in [9.17, 15) is 0 Å². The van der Waals surface area contributed by atoms with E-state index in [1.807, 2.05) is 11.3 Å². The van der Waals surface area contributed by atoms with Crippen LogP contribution in [0.25, 0.3) is 11.3 Å². The minimum absolute atomic E-state index is 0.0532. The second-order valence-corrected chi connectivity index (χ2v) is 12.5. The number of fused-ring (bicyclic) bond motifs is 1. The van der Waals surface area contributed by atoms with E-state index >= 15 is 0 Å². The van der Waals surface area contributed by atoms with E-state index in [0.717, 1.165) is 38.2 Å². The maximum atomic E-state index is 9.05. The van der Waals surface area contributed by atoms with Gasteiger partial charge < -0.3 is 15.7 Å². The van der Waals surface area contributed by atoms with Crippen molar-refractivity contribution in [1.82, 2.24) is 9.88 Å². The van der Waals surface area contributed by atoms with Crippen molar-refractivity contribution < 1.29 is 5.11 Å². The number of aromatic nitrogens is 1. The largest absolute Gasteiger partial charge is 0.395 e. The molecule has 0 radical (unpaired) electrons. The third kappa shape index (κ3) is 5.70. The Kier molecular flexibility index (Phi) is 7.64. The number of benzene rings is 1. The van der Waals surface area contributed by atoms with Gasteiger partial charge in [-0.1, -0.05) is 46.2 Å². The highest BCUT2D eigenvalue weighted by molar-refractivity contribution is 7.10. The molecule has 4 rings (SSSR count). The van der Waals surface area contributed by atoms with Gasteiger partial charge in [-0.3, -0.25) is 0 Å². The van der Waals surface area contributed by atoms with Gasteiger partial charge in [-0.15, -0.1) is 11.3 Å². The molecule has 0 saturated carbocycles. The summed E-state index contributed by atoms with van der Waals surface area (Å²) in [5.74, 6) is 0.593. The fraction of sp³-hybridized carbons (Fsp3) is 0.679. The number of hydrogen-bond acceptors (Lipinski definition) is 5. The summed E-state index contributed by atoms with van der Waals surface area (Å²) in [7, 11) is 0. The zero-order valence-corrected chi connectivity index (χ0v) is 21.9. The number of hydrogen-bond donors (Lipinski definition) is 2. The monoisotopic (exact) mass is 469 g/mol. The summed E-state index contributed by atoms with van der Waals surface area (Å²) in [5, 5.41) is 12.6. The number of nitrogens with two attached hydrogens (primary N) is 1. The van der Waals surface area contributed by atoms with Crippen LogP contribution in [0.2, 0.25) is 0 Å². The summed E-state index contributed by atoms with van der Waals surface area (Å²) in [6.07, 6.45) is 8.10. The van der Waals surface area contributed by atoms with Crippen molar-refractivity contribution in [3.05, 3.63) is 39.7 Å². The van der Waals surface area contributed by atoms with Crippen molar-refractivity contribution in [2.24, 2.45) is 5.73 Å². The first kappa shape index (κ1) is 24.8. The van der Waals surface area contributed by atoms with Crippen molar-refractivity contribution >= 4 is 11.3 Å². The Morgan fingerprint density at radius 1 is 1.09 bits per heavy atom. The van der Waals surface area contributed by atoms with E-state index in [2.05, 4.69) is 56.2 Å². The molecule has 1 unspecified atom stereocenters. The van der Waals surface area contributed by atoms with Crippen molar-refractivity contribution in [3.63, 3.8) is 0 Å². The average molecular weight is 470 g/mol. The Labute approximate surface area is 204 Å². The van der Waals surface area contributed by atoms with Crippen LogP contribution in [0.3, 0.4) is 0 Å². The molecule has 1 aliphatic carbocycles. The van der Waals surface area contributed by atoms with E-state index < -0.39 is 0 Å². The molecule has 1 aliphatic heterocycles. The Bertz CT molecular complexity index is 927. The Morgan fingerprint density at radius 3 is 2.48 bits per heavy atom. The van der Waals surface area contributed by atoms with E-state index in [0.29, 0.717) is 5.92 Å². The van der Waals surface area contributed by atoms with Gasteiger partial charge in [-0.05, 0) is 86.2 Å². The quantitative estimate of drug-likeness (QED) is 0.478. The van der Waals surface area contributed by atoms with Gasteiger partial charge in [-0.2, -0.15) is 0 Å². The number of rotatable bonds is 8. The van der Waals surface area contributed by atoms with Gasteiger partial charge in [0.05, 0.1) is 17.3 Å². The standard InChI is InChI=1S/C28H43N3OS/c1-27(2)12-13-28(3,4)24-17-21(8-9-23(24)27)25-19-33-26(30-25)20-10-15-31(16-11-20)14-6-5-7-22(29)18-32/h8-9,17,19-20,22,32H,5-7,10-16,18,29H2,1-4H3. The second kappa shape index (κ2) is 10.2. The number of aliphatic hydroxyl groups excluding tert-OH is 1. The molecule has 0 spiro atoms. The summed E-state index contributed by atoms with van der Waals surface area (Å²) < 4.78 is 0. The molecule has 33 heavy (non-hydrogen) atoms. The molecular weight excluding hydrogens is 426 g/mol. The average Bonchev–Trinajstić information content (AvgIpc) is 3.30. The van der Waals surface area contributed by atoms with Gasteiger partial charge in [-0.25, -0.2) is 4.98 Å². The number of likely N-dealkylation sites (tertiary alicyclic amines) is 1. The van der Waals surface area contributed by atoms with Crippen molar-refractivity contribution in [2.75, 3.05) is 26.2 Å². The van der Waals surface area contributed by atoms with Crippen LogP contribution >= 0.6 is 11.3 Å². The normalized spacial score (nSPS) is 21.6. The Morgan fingerprint density at radius 2 is 1.79 bits per heavy atom. The van der Waals surface area contributed by atoms with E-state index in [4.69, 9.17) is 15.8 Å². The lowest BCUT2D eigenvalue weighted by molar-refractivity contribution is 0.205. The molecule has 0 bridgehead atoms. The number of aliphatic hydroxyl groups is 1. The third-order valence-corrected chi connectivity index (χ3v) is 9.15. The number of piperidine rings is 1. The topological polar surface area (TPSA) is 62.4 Å². The fourth-order valence-electron chi connectivity index (χ4n) is 5.59. The van der Waals surface area contributed by atoms with Crippen molar-refractivity contribution in [1.29, 1.82) is 0 Å². The van der Waals surface area contributed by atoms with Crippen LogP contribution in [0.5, 0.6) is 0 Å². The molecule has 1 atom stereocenters. The molecule has 1 aromatic heterocycles. The van der Waals surface area contributed by atoms with Crippen LogP contribution in [-0.4, -0.2) is 47.3 Å². The smallest absolute Gasteiger partial charge is 0.0964 e. The van der Waals surface area contributed by atoms with Gasteiger partial charge in [0.15, 0.2) is 0 Å². The van der Waals surface area contributed by atoms with Crippen LogP contribution in [-0.2, 0) is 10.8 Å². The molecule has 3 N–H and O–H groups in total. The van der Waals surface area contributed by atoms with Gasteiger partial charge in [0.2, 0.25) is 0 Å². The SMILES string of the molecule is CC1(C)CCC(C)(C)c2cc(-c3csc(C4CCN(CCCCC(N)CO)CC4)n3)ccc21. The molecule has 1 saturated heterocycles. The molecule has 1 fully saturated rings. The molecular formula is C28H43N3OS. The van der Waals surface area contributed by atoms with Crippen LogP contribution in [0.15, 0.2) is 23.6 Å². The molecule has 2 aliphatic rings. The van der Waals surface area contributed by atoms with Gasteiger partial charge in [0.1, 0.15) is 0 Å². The van der Waals surface area contributed by atoms with E-state index in [-0.39, 0.29) is 23.5 Å². The third-order valence-electron chi connectivity index (χ3n) is 8.14. The van der Waals surface area contributed by atoms with Gasteiger partial charge in [0, 0.05) is 22.9 Å². The van der Waals surface area contributed by atoms with E-state index in [1.54, 1.807) is 0 Å². The van der Waals surface area contributed by atoms with E-state index in [1.165, 1.54) is 53.8 Å². The lowest BCUT2D eigenvalue weighted by Gasteiger charge is -2.42. The van der Waals surface area contributed by atoms with Gasteiger partial charge in [0.25, 0.3) is 0 Å². The maximum Gasteiger partial charge on any atom is 0.0964 e. The highest BCUT2D eigenvalue weighted by Crippen LogP contribution is 2.47. The van der Waals surface area contributed by atoms with Crippen molar-refractivity contribution in [3.8, 4) is 11.3 Å². The Hall–Kier alpha value is -1.27. The molecule has 182 valence electrons. The zero-order chi connectivity index (χ0) is 23.6. The maximum absolute atomic E-state index is 9.05. The highest BCUT2D eigenvalue weighted by atomic mass is 32.1. The Balaban J connectivity index is 1.37. The molecule has 4 nitrogen and oxygen atoms in total. The molecule has 5 heteroatoms. The first-order chi connectivity index (χ1) is 15.7. The molecule has 2 heterocycles. The van der Waals surface area contributed by atoms with Crippen molar-refractivity contribution in [2.45, 2.75) is 95.4 Å². The lowest BCUT2D eigenvalue weighted by Crippen LogP contribution is -2.34. The number of thiazole rings is 1. The fourth-order valence-corrected chi connectivity index (χ4v) is 6.59. The molecule has 2 aromatic rings. The number of unbranched alkanes of at least 4 members (excludes halogenated alkanes) is 1. The predicted octanol–water partition coefficient (Wildman–Crippen LogP) is 5.83. The minimum Gasteiger partial charge on any atom is -0.395 e. The number of nitrogens with zero attached hydrogens (tertiary/aromatic N) is 2. The second-order valence-electron chi connectivity index (χ2n) is 11.7. The lowest BCUT2D eigenvalue weighted by atomic mass is 9.63. The zero-order valence-electron chi connectivity index (χ0n) is 21.1. The highest BCUT2D eigenvalue weighted by Gasteiger charge is 2.37. The summed E-state index contributed by atoms with van der Waals surface area (Å²) in [4.78, 5) is 7.72. The summed E-state index contributed by atoms with van der Waals surface area (Å²) >= 11 is 1.85. The summed E-state index contributed by atoms with van der Waals surface area (Å²) in [6, 6.07) is 7.05. The van der Waals surface area contributed by atoms with Crippen LogP contribution in [0, 0.1) is 0 Å². The molecule has 0 amide bonds. The summed E-state index contributed by atoms with van der Waals surface area (Å²) in [6.45, 7) is 13.1. The van der Waals surface area contributed by atoms with Gasteiger partial charge >= 0.3 is 0 Å². The van der Waals surface area contributed by atoms with Crippen LogP contribution in [0.4, 0.5) is 0 Å². The summed E-state index contributed by atoms with van der Waals surface area (Å²) in [5.41, 5.74) is 11.8.